The minimum absolute atomic E-state index is 0.204. The first-order chi connectivity index (χ1) is 13.9. The van der Waals surface area contributed by atoms with Crippen LogP contribution in [0.3, 0.4) is 0 Å². The Morgan fingerprint density at radius 3 is 2.45 bits per heavy atom. The molecular weight excluding hydrogens is 368 g/mol. The van der Waals surface area contributed by atoms with Crippen LogP contribution in [0, 0.1) is 13.8 Å². The quantitative estimate of drug-likeness (QED) is 0.630. The molecule has 0 saturated carbocycles. The highest BCUT2D eigenvalue weighted by Gasteiger charge is 2.16. The summed E-state index contributed by atoms with van der Waals surface area (Å²) < 4.78 is 11.2. The average molecular weight is 392 g/mol. The number of carbonyl (C=O) groups excluding carboxylic acids is 2. The predicted molar refractivity (Wildman–Crippen MR) is 112 cm³/mol. The molecule has 0 aliphatic heterocycles. The number of nitrogens with one attached hydrogen (secondary N) is 2. The van der Waals surface area contributed by atoms with Crippen molar-refractivity contribution in [1.29, 1.82) is 0 Å². The number of fused-ring (bicyclic) bond motifs is 1. The third-order valence-electron chi connectivity index (χ3n) is 4.42. The molecule has 150 valence electrons. The molecule has 0 aliphatic rings. The van der Waals surface area contributed by atoms with Crippen molar-refractivity contribution in [1.82, 2.24) is 10.9 Å². The van der Waals surface area contributed by atoms with Gasteiger partial charge in [-0.2, -0.15) is 0 Å². The molecule has 1 atom stereocenters. The number of hydrogen-bond donors (Lipinski definition) is 2. The summed E-state index contributed by atoms with van der Waals surface area (Å²) in [7, 11) is 0. The van der Waals surface area contributed by atoms with Gasteiger partial charge in [0.15, 0.2) is 12.7 Å². The van der Waals surface area contributed by atoms with E-state index in [9.17, 15) is 9.59 Å². The van der Waals surface area contributed by atoms with Gasteiger partial charge in [-0.1, -0.05) is 48.0 Å². The van der Waals surface area contributed by atoms with Crippen LogP contribution in [0.4, 0.5) is 0 Å². The summed E-state index contributed by atoms with van der Waals surface area (Å²) in [5.74, 6) is 0.287. The van der Waals surface area contributed by atoms with E-state index < -0.39 is 17.9 Å². The van der Waals surface area contributed by atoms with Gasteiger partial charge < -0.3 is 9.47 Å². The van der Waals surface area contributed by atoms with Gasteiger partial charge in [-0.25, -0.2) is 0 Å². The number of ether oxygens (including phenoxy) is 2. The Labute approximate surface area is 169 Å². The first-order valence-electron chi connectivity index (χ1n) is 9.36. The SMILES string of the molecule is Cc1ccc(OCC(=O)NNC(=O)C(C)Oc2ccc3ccccc3c2)c(C)c1. The number of benzene rings is 3. The highest BCUT2D eigenvalue weighted by molar-refractivity contribution is 5.86. The van der Waals surface area contributed by atoms with Gasteiger partial charge in [0.2, 0.25) is 0 Å². The summed E-state index contributed by atoms with van der Waals surface area (Å²) in [6.07, 6.45) is -0.781. The van der Waals surface area contributed by atoms with Crippen LogP contribution in [0.25, 0.3) is 10.8 Å². The lowest BCUT2D eigenvalue weighted by Crippen LogP contribution is -2.48. The molecule has 1 unspecified atom stereocenters. The van der Waals surface area contributed by atoms with Crippen LogP contribution < -0.4 is 20.3 Å². The molecule has 0 aromatic heterocycles. The lowest BCUT2D eigenvalue weighted by molar-refractivity contribution is -0.133. The molecule has 0 spiro atoms. The lowest BCUT2D eigenvalue weighted by atomic mass is 10.1. The van der Waals surface area contributed by atoms with E-state index in [1.165, 1.54) is 0 Å². The summed E-state index contributed by atoms with van der Waals surface area (Å²) >= 11 is 0. The van der Waals surface area contributed by atoms with Gasteiger partial charge in [-0.05, 0) is 55.3 Å². The third kappa shape index (κ3) is 5.48. The van der Waals surface area contributed by atoms with E-state index in [0.29, 0.717) is 11.5 Å². The molecule has 0 radical (unpaired) electrons. The van der Waals surface area contributed by atoms with Crippen molar-refractivity contribution in [2.24, 2.45) is 0 Å². The summed E-state index contributed by atoms with van der Waals surface area (Å²) in [5.41, 5.74) is 6.75. The Bertz CT molecular complexity index is 1030. The van der Waals surface area contributed by atoms with Crippen LogP contribution in [-0.2, 0) is 9.59 Å². The molecule has 0 saturated heterocycles. The second-order valence-corrected chi connectivity index (χ2v) is 6.86. The fourth-order valence-corrected chi connectivity index (χ4v) is 2.87. The predicted octanol–water partition coefficient (Wildman–Crippen LogP) is 3.45. The van der Waals surface area contributed by atoms with E-state index in [1.54, 1.807) is 6.92 Å². The number of amides is 2. The van der Waals surface area contributed by atoms with Crippen molar-refractivity contribution in [2.75, 3.05) is 6.61 Å². The van der Waals surface area contributed by atoms with Gasteiger partial charge in [0.25, 0.3) is 11.8 Å². The van der Waals surface area contributed by atoms with E-state index in [4.69, 9.17) is 9.47 Å². The van der Waals surface area contributed by atoms with Crippen LogP contribution >= 0.6 is 0 Å². The molecular formula is C23H24N2O4. The molecule has 3 aromatic rings. The van der Waals surface area contributed by atoms with Crippen LogP contribution in [0.5, 0.6) is 11.5 Å². The number of carbonyl (C=O) groups is 2. The van der Waals surface area contributed by atoms with Crippen LogP contribution in [-0.4, -0.2) is 24.5 Å². The van der Waals surface area contributed by atoms with E-state index >= 15 is 0 Å². The van der Waals surface area contributed by atoms with Crippen LogP contribution in [0.15, 0.2) is 60.7 Å². The molecule has 2 amide bonds. The van der Waals surface area contributed by atoms with E-state index in [1.807, 2.05) is 74.5 Å². The fourth-order valence-electron chi connectivity index (χ4n) is 2.87. The topological polar surface area (TPSA) is 76.7 Å². The molecule has 6 heteroatoms. The largest absolute Gasteiger partial charge is 0.483 e. The van der Waals surface area contributed by atoms with Gasteiger partial charge in [-0.15, -0.1) is 0 Å². The Balaban J connectivity index is 1.46. The van der Waals surface area contributed by atoms with Crippen molar-refractivity contribution in [2.45, 2.75) is 26.9 Å². The molecule has 0 aliphatic carbocycles. The Morgan fingerprint density at radius 1 is 0.931 bits per heavy atom. The molecule has 3 aromatic carbocycles. The summed E-state index contributed by atoms with van der Waals surface area (Å²) in [6.45, 7) is 5.31. The smallest absolute Gasteiger partial charge is 0.279 e. The van der Waals surface area contributed by atoms with Crippen LogP contribution in [0.1, 0.15) is 18.1 Å². The standard InChI is InChI=1S/C23H24N2O4/c1-15-8-11-21(16(2)12-15)28-14-22(26)24-25-23(27)17(3)29-20-10-9-18-6-4-5-7-19(18)13-20/h4-13,17H,14H2,1-3H3,(H,24,26)(H,25,27). The van der Waals surface area contributed by atoms with Crippen molar-refractivity contribution < 1.29 is 19.1 Å². The zero-order chi connectivity index (χ0) is 20.8. The number of rotatable bonds is 6. The maximum atomic E-state index is 12.2. The van der Waals surface area contributed by atoms with Gasteiger partial charge in [-0.3, -0.25) is 20.4 Å². The average Bonchev–Trinajstić information content (AvgIpc) is 2.71. The van der Waals surface area contributed by atoms with Crippen molar-refractivity contribution in [3.05, 3.63) is 71.8 Å². The van der Waals surface area contributed by atoms with E-state index in [2.05, 4.69) is 10.9 Å². The minimum atomic E-state index is -0.781. The van der Waals surface area contributed by atoms with Crippen LogP contribution in [0.2, 0.25) is 0 Å². The Kier molecular flexibility index (Phi) is 6.34. The molecule has 0 heterocycles. The zero-order valence-electron chi connectivity index (χ0n) is 16.7. The second kappa shape index (κ2) is 9.10. The van der Waals surface area contributed by atoms with Gasteiger partial charge >= 0.3 is 0 Å². The van der Waals surface area contributed by atoms with E-state index in [0.717, 1.165) is 21.9 Å². The number of hydrazine groups is 1. The van der Waals surface area contributed by atoms with Gasteiger partial charge in [0.1, 0.15) is 11.5 Å². The Hall–Kier alpha value is -3.54. The first kappa shape index (κ1) is 20.2. The molecule has 0 bridgehead atoms. The number of aryl methyl sites for hydroxylation is 2. The van der Waals surface area contributed by atoms with Crippen molar-refractivity contribution in [3.63, 3.8) is 0 Å². The summed E-state index contributed by atoms with van der Waals surface area (Å²) in [4.78, 5) is 24.1. The second-order valence-electron chi connectivity index (χ2n) is 6.86. The summed E-state index contributed by atoms with van der Waals surface area (Å²) in [6, 6.07) is 19.2. The summed E-state index contributed by atoms with van der Waals surface area (Å²) in [5, 5.41) is 2.11. The normalized spacial score (nSPS) is 11.6. The molecule has 29 heavy (non-hydrogen) atoms. The Morgan fingerprint density at radius 2 is 1.69 bits per heavy atom. The number of hydrogen-bond acceptors (Lipinski definition) is 4. The first-order valence-corrected chi connectivity index (χ1v) is 9.36. The zero-order valence-corrected chi connectivity index (χ0v) is 16.7. The molecule has 2 N–H and O–H groups in total. The highest BCUT2D eigenvalue weighted by Crippen LogP contribution is 2.21. The molecule has 0 fully saturated rings. The monoisotopic (exact) mass is 392 g/mol. The maximum Gasteiger partial charge on any atom is 0.279 e. The molecule has 3 rings (SSSR count). The fraction of sp³-hybridized carbons (Fsp3) is 0.217. The molecule has 6 nitrogen and oxygen atoms in total. The van der Waals surface area contributed by atoms with Crippen molar-refractivity contribution in [3.8, 4) is 11.5 Å². The van der Waals surface area contributed by atoms with Gasteiger partial charge in [0.05, 0.1) is 0 Å². The third-order valence-corrected chi connectivity index (χ3v) is 4.42. The lowest BCUT2D eigenvalue weighted by Gasteiger charge is -2.16. The van der Waals surface area contributed by atoms with Crippen molar-refractivity contribution >= 4 is 22.6 Å². The maximum absolute atomic E-state index is 12.2. The highest BCUT2D eigenvalue weighted by atomic mass is 16.5. The minimum Gasteiger partial charge on any atom is -0.483 e. The van der Waals surface area contributed by atoms with Gasteiger partial charge in [0, 0.05) is 0 Å². The van der Waals surface area contributed by atoms with E-state index in [-0.39, 0.29) is 6.61 Å².